The van der Waals surface area contributed by atoms with E-state index in [9.17, 15) is 54.8 Å². The third kappa shape index (κ3) is 6.87. The van der Waals surface area contributed by atoms with Crippen molar-refractivity contribution in [1.29, 1.82) is 0 Å². The molecule has 0 saturated carbocycles. The minimum Gasteiger partial charge on any atom is -0.292 e. The van der Waals surface area contributed by atoms with E-state index in [4.69, 9.17) is 0 Å². The number of Topliss-reactive ketones (excluding diaryl/α,β-unsaturated/α-hetero) is 1. The molecule has 4 N–H and O–H groups in total. The van der Waals surface area contributed by atoms with Crippen molar-refractivity contribution in [3.63, 3.8) is 0 Å². The van der Waals surface area contributed by atoms with Crippen LogP contribution in [0.25, 0.3) is 0 Å². The van der Waals surface area contributed by atoms with Crippen LogP contribution < -0.4 is 21.7 Å². The normalized spacial score (nSPS) is 10.0. The molecular weight excluding hydrogens is 492 g/mol. The maximum Gasteiger partial charge on any atom is 0.305 e. The van der Waals surface area contributed by atoms with Gasteiger partial charge in [-0.2, -0.15) is 0 Å². The van der Waals surface area contributed by atoms with E-state index >= 15 is 0 Å². The fraction of sp³-hybridized carbons (Fsp3) is 0.118. The van der Waals surface area contributed by atoms with Crippen LogP contribution >= 0.6 is 0 Å². The molecule has 0 heterocycles. The second-order valence-electron chi connectivity index (χ2n) is 6.61. The quantitative estimate of drug-likeness (QED) is 0.179. The number of rotatable bonds is 12. The molecule has 19 heteroatoms. The Bertz CT molecular complexity index is 1280. The lowest BCUT2D eigenvalue weighted by Crippen LogP contribution is -2.36. The molecule has 2 aromatic rings. The monoisotopic (exact) mass is 506 g/mol. The summed E-state index contributed by atoms with van der Waals surface area (Å²) in [5.41, 5.74) is 4.98. The average molecular weight is 506 g/mol. The zero-order chi connectivity index (χ0) is 27.0. The van der Waals surface area contributed by atoms with Gasteiger partial charge in [-0.3, -0.25) is 76.5 Å². The van der Waals surface area contributed by atoms with Gasteiger partial charge in [0.25, 0.3) is 11.4 Å². The van der Waals surface area contributed by atoms with E-state index in [2.05, 4.69) is 10.9 Å². The Labute approximate surface area is 198 Å². The number of nitro benzene ring substituents is 4. The molecule has 0 aliphatic carbocycles. The van der Waals surface area contributed by atoms with Crippen LogP contribution in [0.1, 0.15) is 12.8 Å². The molecule has 0 saturated heterocycles. The number of nitrogens with zero attached hydrogens (tertiary/aromatic N) is 4. The van der Waals surface area contributed by atoms with Crippen LogP contribution in [0.2, 0.25) is 0 Å². The maximum absolute atomic E-state index is 11.9. The van der Waals surface area contributed by atoms with Crippen LogP contribution in [0.15, 0.2) is 36.4 Å². The van der Waals surface area contributed by atoms with Gasteiger partial charge in [-0.05, 0) is 12.1 Å². The highest BCUT2D eigenvalue weighted by atomic mass is 16.6. The highest BCUT2D eigenvalue weighted by molar-refractivity contribution is 6.36. The van der Waals surface area contributed by atoms with E-state index in [0.717, 1.165) is 24.3 Å². The van der Waals surface area contributed by atoms with Gasteiger partial charge in [0, 0.05) is 25.0 Å². The molecule has 0 fully saturated rings. The number of amides is 2. The first-order valence-electron chi connectivity index (χ1n) is 9.40. The summed E-state index contributed by atoms with van der Waals surface area (Å²) in [5, 5.41) is 43.6. The lowest BCUT2D eigenvalue weighted by molar-refractivity contribution is -0.393. The number of benzene rings is 2. The number of carbonyl (C=O) groups excluding carboxylic acids is 3. The number of hydrogen-bond acceptors (Lipinski definition) is 13. The second-order valence-corrected chi connectivity index (χ2v) is 6.61. The van der Waals surface area contributed by atoms with Gasteiger partial charge in [0.15, 0.2) is 0 Å². The molecular formula is C17H14N8O11. The first-order chi connectivity index (χ1) is 16.9. The Kier molecular flexibility index (Phi) is 8.39. The molecule has 36 heavy (non-hydrogen) atoms. The van der Waals surface area contributed by atoms with Crippen LogP contribution in [0.3, 0.4) is 0 Å². The van der Waals surface area contributed by atoms with Gasteiger partial charge >= 0.3 is 17.3 Å². The lowest BCUT2D eigenvalue weighted by atomic mass is 10.2. The number of nitrogens with one attached hydrogen (secondary N) is 4. The van der Waals surface area contributed by atoms with E-state index in [1.807, 2.05) is 10.9 Å². The van der Waals surface area contributed by atoms with Crippen molar-refractivity contribution in [2.45, 2.75) is 12.8 Å². The van der Waals surface area contributed by atoms with Crippen LogP contribution in [0.5, 0.6) is 0 Å². The van der Waals surface area contributed by atoms with Gasteiger partial charge < -0.3 is 0 Å². The van der Waals surface area contributed by atoms with Crippen LogP contribution in [0.4, 0.5) is 34.1 Å². The van der Waals surface area contributed by atoms with Gasteiger partial charge in [0.2, 0.25) is 11.7 Å². The van der Waals surface area contributed by atoms with E-state index in [1.54, 1.807) is 0 Å². The summed E-state index contributed by atoms with van der Waals surface area (Å²) >= 11 is 0. The number of hydrazine groups is 2. The number of nitro groups is 4. The fourth-order valence-corrected chi connectivity index (χ4v) is 2.51. The molecule has 0 spiro atoms. The number of non-ortho nitro benzene ring substituents is 2. The van der Waals surface area contributed by atoms with Gasteiger partial charge in [-0.25, -0.2) is 0 Å². The van der Waals surface area contributed by atoms with Crippen molar-refractivity contribution in [2.24, 2.45) is 0 Å². The van der Waals surface area contributed by atoms with E-state index < -0.39 is 72.9 Å². The molecule has 0 aromatic heterocycles. The zero-order valence-corrected chi connectivity index (χ0v) is 17.7. The second kappa shape index (κ2) is 11.4. The summed E-state index contributed by atoms with van der Waals surface area (Å²) in [6, 6.07) is 5.12. The van der Waals surface area contributed by atoms with Crippen LogP contribution in [-0.4, -0.2) is 37.3 Å². The first-order valence-corrected chi connectivity index (χ1v) is 9.40. The first kappa shape index (κ1) is 26.5. The number of hydrogen-bond donors (Lipinski definition) is 4. The number of carbonyl (C=O) groups is 3. The number of ketones is 1. The van der Waals surface area contributed by atoms with Crippen molar-refractivity contribution >= 4 is 51.7 Å². The van der Waals surface area contributed by atoms with Crippen LogP contribution in [-0.2, 0) is 14.4 Å². The predicted molar refractivity (Wildman–Crippen MR) is 117 cm³/mol. The SMILES string of the molecule is O=C(CCC(=O)C(=O)NNc1ccc([N+](=O)[O-])cc1[N+](=O)[O-])NNc1ccc([N+](=O)[O-])cc1[N+](=O)[O-]. The maximum atomic E-state index is 11.9. The molecule has 2 aromatic carbocycles. The Balaban J connectivity index is 1.90. The third-order valence-electron chi connectivity index (χ3n) is 4.26. The molecule has 0 aliphatic rings. The summed E-state index contributed by atoms with van der Waals surface area (Å²) in [6.07, 6.45) is -1.19. The number of anilines is 2. The van der Waals surface area contributed by atoms with Gasteiger partial charge in [0.1, 0.15) is 11.4 Å². The standard InChI is InChI=1S/C17H14N8O11/c26-15(17(28)21-19-12-4-2-10(23(31)32)8-14(12)25(35)36)5-6-16(27)20-18-11-3-1-9(22(29)30)7-13(11)24(33)34/h1-4,7-8,18-19H,5-6H2,(H,20,27)(H,21,28). The molecule has 0 radical (unpaired) electrons. The summed E-state index contributed by atoms with van der Waals surface area (Å²) < 4.78 is 0. The van der Waals surface area contributed by atoms with Crippen molar-refractivity contribution in [1.82, 2.24) is 10.9 Å². The Morgan fingerprint density at radius 3 is 1.50 bits per heavy atom. The van der Waals surface area contributed by atoms with E-state index in [1.165, 1.54) is 0 Å². The Morgan fingerprint density at radius 2 is 1.08 bits per heavy atom. The van der Waals surface area contributed by atoms with Gasteiger partial charge in [0.05, 0.1) is 31.8 Å². The Hall–Kier alpha value is -5.75. The van der Waals surface area contributed by atoms with Crippen molar-refractivity contribution < 1.29 is 34.1 Å². The fourth-order valence-electron chi connectivity index (χ4n) is 2.51. The molecule has 0 bridgehead atoms. The topological polar surface area (TPSA) is 272 Å². The largest absolute Gasteiger partial charge is 0.305 e. The van der Waals surface area contributed by atoms with Crippen molar-refractivity contribution in [3.05, 3.63) is 76.9 Å². The van der Waals surface area contributed by atoms with Gasteiger partial charge in [-0.1, -0.05) is 0 Å². The van der Waals surface area contributed by atoms with Crippen molar-refractivity contribution in [3.8, 4) is 0 Å². The molecule has 0 atom stereocenters. The molecule has 188 valence electrons. The molecule has 2 amide bonds. The minimum atomic E-state index is -1.28. The smallest absolute Gasteiger partial charge is 0.292 e. The summed E-state index contributed by atoms with van der Waals surface area (Å²) in [7, 11) is 0. The molecule has 0 aliphatic heterocycles. The predicted octanol–water partition coefficient (Wildman–Crippen LogP) is 1.26. The summed E-state index contributed by atoms with van der Waals surface area (Å²) in [6.45, 7) is 0. The zero-order valence-electron chi connectivity index (χ0n) is 17.7. The van der Waals surface area contributed by atoms with Crippen LogP contribution in [0, 0.1) is 40.5 Å². The summed E-state index contributed by atoms with van der Waals surface area (Å²) in [4.78, 5) is 75.8. The highest BCUT2D eigenvalue weighted by Crippen LogP contribution is 2.29. The Morgan fingerprint density at radius 1 is 0.639 bits per heavy atom. The lowest BCUT2D eigenvalue weighted by Gasteiger charge is -2.09. The molecule has 2 rings (SSSR count). The van der Waals surface area contributed by atoms with Crippen molar-refractivity contribution in [2.75, 3.05) is 10.9 Å². The molecule has 19 nitrogen and oxygen atoms in total. The van der Waals surface area contributed by atoms with Gasteiger partial charge in [-0.15, -0.1) is 0 Å². The minimum absolute atomic E-state index is 0.281. The third-order valence-corrected chi connectivity index (χ3v) is 4.26. The highest BCUT2D eigenvalue weighted by Gasteiger charge is 2.22. The van der Waals surface area contributed by atoms with E-state index in [0.29, 0.717) is 12.1 Å². The average Bonchev–Trinajstić information content (AvgIpc) is 2.83. The van der Waals surface area contributed by atoms with E-state index in [-0.39, 0.29) is 11.4 Å². The summed E-state index contributed by atoms with van der Waals surface area (Å²) in [5.74, 6) is -3.28. The molecule has 0 unspecified atom stereocenters.